The number of aryl methyl sites for hydroxylation is 2. The number of ether oxygens (including phenoxy) is 1. The molecule has 0 fully saturated rings. The second-order valence-electron chi connectivity index (χ2n) is 4.57. The molecule has 2 rings (SSSR count). The van der Waals surface area contributed by atoms with Crippen molar-refractivity contribution in [2.75, 3.05) is 7.11 Å². The first kappa shape index (κ1) is 13.9. The number of aliphatic carboxylic acids is 1. The number of aromatic amines is 1. The summed E-state index contributed by atoms with van der Waals surface area (Å²) in [5, 5.41) is 18.7. The number of methoxy groups -OCH3 is 1. The summed E-state index contributed by atoms with van der Waals surface area (Å²) in [6, 6.07) is 3.61. The minimum absolute atomic E-state index is 0.0187. The van der Waals surface area contributed by atoms with Crippen molar-refractivity contribution in [1.29, 1.82) is 0 Å². The van der Waals surface area contributed by atoms with Crippen molar-refractivity contribution in [3.63, 3.8) is 0 Å². The Morgan fingerprint density at radius 1 is 1.30 bits per heavy atom. The summed E-state index contributed by atoms with van der Waals surface area (Å²) >= 11 is 0. The molecule has 0 atom stereocenters. The molecule has 6 nitrogen and oxygen atoms in total. The SMILES string of the molecule is COc1cc(C)cc2[nH]c(C(=O)O)c(CCC(=O)O)c12. The van der Waals surface area contributed by atoms with Crippen molar-refractivity contribution in [1.82, 2.24) is 4.98 Å². The molecule has 0 saturated carbocycles. The summed E-state index contributed by atoms with van der Waals surface area (Å²) in [6.45, 7) is 1.88. The molecular formula is C14H15NO5. The van der Waals surface area contributed by atoms with Crippen LogP contribution in [-0.2, 0) is 11.2 Å². The van der Waals surface area contributed by atoms with Crippen molar-refractivity contribution < 1.29 is 24.5 Å². The molecule has 1 aromatic heterocycles. The lowest BCUT2D eigenvalue weighted by molar-refractivity contribution is -0.136. The van der Waals surface area contributed by atoms with E-state index in [4.69, 9.17) is 9.84 Å². The highest BCUT2D eigenvalue weighted by atomic mass is 16.5. The van der Waals surface area contributed by atoms with Gasteiger partial charge in [-0.1, -0.05) is 0 Å². The van der Waals surface area contributed by atoms with E-state index in [0.717, 1.165) is 5.56 Å². The van der Waals surface area contributed by atoms with E-state index in [0.29, 0.717) is 22.2 Å². The fourth-order valence-electron chi connectivity index (χ4n) is 2.32. The molecule has 106 valence electrons. The number of hydrogen-bond donors (Lipinski definition) is 3. The first-order valence-corrected chi connectivity index (χ1v) is 6.08. The first-order chi connectivity index (χ1) is 9.43. The number of H-pyrrole nitrogens is 1. The number of carboxylic acid groups (broad SMARTS) is 2. The Morgan fingerprint density at radius 2 is 2.00 bits per heavy atom. The van der Waals surface area contributed by atoms with E-state index in [1.807, 2.05) is 13.0 Å². The van der Waals surface area contributed by atoms with E-state index in [2.05, 4.69) is 4.98 Å². The standard InChI is InChI=1S/C14H15NO5/c1-7-5-9-12(10(6-7)20-2)8(3-4-11(16)17)13(15-9)14(18)19/h5-6,15H,3-4H2,1-2H3,(H,16,17)(H,18,19). The predicted molar refractivity (Wildman–Crippen MR) is 72.5 cm³/mol. The number of benzene rings is 1. The molecule has 0 bridgehead atoms. The van der Waals surface area contributed by atoms with Crippen LogP contribution in [-0.4, -0.2) is 34.2 Å². The monoisotopic (exact) mass is 277 g/mol. The Hall–Kier alpha value is -2.50. The maximum absolute atomic E-state index is 11.3. The van der Waals surface area contributed by atoms with Gasteiger partial charge in [-0.2, -0.15) is 0 Å². The highest BCUT2D eigenvalue weighted by molar-refractivity contribution is 6.00. The Labute approximate surface area is 115 Å². The van der Waals surface area contributed by atoms with Gasteiger partial charge in [0, 0.05) is 11.8 Å². The number of carboxylic acids is 2. The van der Waals surface area contributed by atoms with Crippen molar-refractivity contribution in [3.05, 3.63) is 29.0 Å². The summed E-state index contributed by atoms with van der Waals surface area (Å²) in [7, 11) is 1.50. The van der Waals surface area contributed by atoms with Crippen LogP contribution in [0.5, 0.6) is 5.75 Å². The number of rotatable bonds is 5. The van der Waals surface area contributed by atoms with Gasteiger partial charge in [-0.15, -0.1) is 0 Å². The fraction of sp³-hybridized carbons (Fsp3) is 0.286. The largest absolute Gasteiger partial charge is 0.496 e. The lowest BCUT2D eigenvalue weighted by Crippen LogP contribution is -2.04. The number of nitrogens with one attached hydrogen (secondary N) is 1. The summed E-state index contributed by atoms with van der Waals surface area (Å²) in [5.41, 5.74) is 2.05. The Morgan fingerprint density at radius 3 is 2.55 bits per heavy atom. The summed E-state index contributed by atoms with van der Waals surface area (Å²) in [5.74, 6) is -1.53. The molecule has 0 unspecified atom stereocenters. The van der Waals surface area contributed by atoms with Gasteiger partial charge in [0.05, 0.1) is 12.6 Å². The quantitative estimate of drug-likeness (QED) is 0.778. The van der Waals surface area contributed by atoms with E-state index in [9.17, 15) is 14.7 Å². The number of hydrogen-bond acceptors (Lipinski definition) is 3. The van der Waals surface area contributed by atoms with Gasteiger partial charge in [0.1, 0.15) is 11.4 Å². The van der Waals surface area contributed by atoms with Gasteiger partial charge >= 0.3 is 11.9 Å². The van der Waals surface area contributed by atoms with Gasteiger partial charge in [-0.25, -0.2) is 4.79 Å². The van der Waals surface area contributed by atoms with Crippen molar-refractivity contribution in [2.45, 2.75) is 19.8 Å². The van der Waals surface area contributed by atoms with Crippen molar-refractivity contribution in [2.24, 2.45) is 0 Å². The van der Waals surface area contributed by atoms with Crippen LogP contribution >= 0.6 is 0 Å². The summed E-state index contributed by atoms with van der Waals surface area (Å²) in [4.78, 5) is 24.9. The van der Waals surface area contributed by atoms with Gasteiger partial charge in [0.2, 0.25) is 0 Å². The normalized spacial score (nSPS) is 10.7. The molecular weight excluding hydrogens is 262 g/mol. The molecule has 1 heterocycles. The molecule has 0 saturated heterocycles. The van der Waals surface area contributed by atoms with E-state index < -0.39 is 11.9 Å². The molecule has 0 radical (unpaired) electrons. The lowest BCUT2D eigenvalue weighted by Gasteiger charge is -2.06. The van der Waals surface area contributed by atoms with Crippen molar-refractivity contribution >= 4 is 22.8 Å². The molecule has 1 aromatic carbocycles. The van der Waals surface area contributed by atoms with Crippen LogP contribution in [0.3, 0.4) is 0 Å². The predicted octanol–water partition coefficient (Wildman–Crippen LogP) is 2.20. The van der Waals surface area contributed by atoms with Crippen LogP contribution in [0.25, 0.3) is 10.9 Å². The third kappa shape index (κ3) is 2.45. The Bertz CT molecular complexity index is 686. The van der Waals surface area contributed by atoms with Crippen LogP contribution < -0.4 is 4.74 Å². The first-order valence-electron chi connectivity index (χ1n) is 6.08. The summed E-state index contributed by atoms with van der Waals surface area (Å²) < 4.78 is 5.29. The summed E-state index contributed by atoms with van der Waals surface area (Å²) in [6.07, 6.45) is 0.000646. The van der Waals surface area contributed by atoms with Crippen LogP contribution in [0, 0.1) is 6.92 Å². The van der Waals surface area contributed by atoms with Gasteiger partial charge in [-0.3, -0.25) is 4.79 Å². The minimum atomic E-state index is -1.11. The molecule has 2 aromatic rings. The number of aromatic nitrogens is 1. The minimum Gasteiger partial charge on any atom is -0.496 e. The van der Waals surface area contributed by atoms with Gasteiger partial charge < -0.3 is 19.9 Å². The second kappa shape index (κ2) is 5.24. The van der Waals surface area contributed by atoms with Crippen LogP contribution in [0.1, 0.15) is 28.0 Å². The molecule has 0 aliphatic rings. The highest BCUT2D eigenvalue weighted by Crippen LogP contribution is 2.33. The molecule has 0 aliphatic heterocycles. The topological polar surface area (TPSA) is 99.6 Å². The molecule has 0 amide bonds. The third-order valence-electron chi connectivity index (χ3n) is 3.13. The van der Waals surface area contributed by atoms with Crippen LogP contribution in [0.15, 0.2) is 12.1 Å². The molecule has 3 N–H and O–H groups in total. The molecule has 6 heteroatoms. The number of carbonyl (C=O) groups is 2. The average Bonchev–Trinajstić information content (AvgIpc) is 2.73. The molecule has 0 spiro atoms. The zero-order valence-corrected chi connectivity index (χ0v) is 11.2. The van der Waals surface area contributed by atoms with E-state index in [1.165, 1.54) is 7.11 Å². The second-order valence-corrected chi connectivity index (χ2v) is 4.57. The molecule has 20 heavy (non-hydrogen) atoms. The smallest absolute Gasteiger partial charge is 0.352 e. The lowest BCUT2D eigenvalue weighted by atomic mass is 10.0. The van der Waals surface area contributed by atoms with Crippen LogP contribution in [0.4, 0.5) is 0 Å². The maximum Gasteiger partial charge on any atom is 0.352 e. The van der Waals surface area contributed by atoms with Crippen molar-refractivity contribution in [3.8, 4) is 5.75 Å². The number of fused-ring (bicyclic) bond motifs is 1. The fourth-order valence-corrected chi connectivity index (χ4v) is 2.32. The van der Waals surface area contributed by atoms with Gasteiger partial charge in [0.15, 0.2) is 0 Å². The van der Waals surface area contributed by atoms with Gasteiger partial charge in [-0.05, 0) is 36.6 Å². The van der Waals surface area contributed by atoms with Gasteiger partial charge in [0.25, 0.3) is 0 Å². The zero-order valence-electron chi connectivity index (χ0n) is 11.2. The Kier molecular flexibility index (Phi) is 3.65. The Balaban J connectivity index is 2.68. The third-order valence-corrected chi connectivity index (χ3v) is 3.13. The van der Waals surface area contributed by atoms with E-state index in [1.54, 1.807) is 6.07 Å². The highest BCUT2D eigenvalue weighted by Gasteiger charge is 2.20. The zero-order chi connectivity index (χ0) is 14.9. The number of aromatic carboxylic acids is 1. The average molecular weight is 277 g/mol. The maximum atomic E-state index is 11.3. The van der Waals surface area contributed by atoms with Crippen LogP contribution in [0.2, 0.25) is 0 Å². The van der Waals surface area contributed by atoms with E-state index in [-0.39, 0.29) is 18.5 Å². The molecule has 0 aliphatic carbocycles. The van der Waals surface area contributed by atoms with E-state index >= 15 is 0 Å².